The molecule has 0 unspecified atom stereocenters. The summed E-state index contributed by atoms with van der Waals surface area (Å²) in [6.45, 7) is 0. The Hall–Kier alpha value is -11.7. The molecule has 20 aromatic rings. The zero-order chi connectivity index (χ0) is 71.5. The van der Waals surface area contributed by atoms with Gasteiger partial charge in [0.25, 0.3) is 0 Å². The van der Waals surface area contributed by atoms with Crippen LogP contribution in [0.15, 0.2) is 308 Å². The quantitative estimate of drug-likeness (QED) is 0.165. The number of benzene rings is 16. The standard InChI is InChI=1S/2C42H24O2/c1-2-11-26-23-39-36(22-25(26)10-1)29-21-20-27(24-38(29)43-39)40-30-13-3-5-15-32(30)41(33-16-6-4-14-31(33)40)35-18-9-17-34-28-12-7-8-19-37(28)44-42(34)35;1-2-10-28-25(9-1)17-22-36-31-21-19-27(24-39(31)44-42(28)36)41-34-14-5-3-12-32(34)40(33-13-4-6-15-35(33)41)26-18-20-30-29-11-7-8-16-37(29)43-38(30)23-26/h2*1-24H/i3D,4D,5D,6D,13D,14D,15D,16D;3D,4D,5D,6D,12D,13D,14D,15D. The fraction of sp³-hybridized carbons (Fsp3) is 0. The van der Waals surface area contributed by atoms with Crippen molar-refractivity contribution in [2.45, 2.75) is 0 Å². The molecular weight excluding hydrogens is 1070 g/mol. The molecule has 0 saturated heterocycles. The van der Waals surface area contributed by atoms with Gasteiger partial charge in [0, 0.05) is 59.6 Å². The van der Waals surface area contributed by atoms with Gasteiger partial charge in [0.05, 0.1) is 21.9 Å². The molecule has 4 heterocycles. The molecule has 0 radical (unpaired) electrons. The second-order valence-electron chi connectivity index (χ2n) is 22.1. The van der Waals surface area contributed by atoms with Gasteiger partial charge in [0.1, 0.15) is 44.7 Å². The van der Waals surface area contributed by atoms with E-state index in [0.29, 0.717) is 66.9 Å². The summed E-state index contributed by atoms with van der Waals surface area (Å²) in [6.07, 6.45) is 0. The van der Waals surface area contributed by atoms with Crippen molar-refractivity contribution < 1.29 is 39.6 Å². The Morgan fingerprint density at radius 2 is 0.557 bits per heavy atom. The lowest BCUT2D eigenvalue weighted by Gasteiger charge is -2.17. The zero-order valence-corrected chi connectivity index (χ0v) is 46.1. The average molecular weight is 1140 g/mol. The fourth-order valence-electron chi connectivity index (χ4n) is 13.5. The molecule has 0 atom stereocenters. The molecule has 0 aliphatic heterocycles. The largest absolute Gasteiger partial charge is 0.456 e. The maximum absolute atomic E-state index is 9.33. The molecular formula is C84H48O4. The van der Waals surface area contributed by atoms with Crippen molar-refractivity contribution in [3.8, 4) is 44.5 Å². The van der Waals surface area contributed by atoms with E-state index in [-0.39, 0.29) is 114 Å². The van der Waals surface area contributed by atoms with E-state index >= 15 is 0 Å². The third kappa shape index (κ3) is 7.27. The number of para-hydroxylation sites is 3. The molecule has 0 aliphatic carbocycles. The second kappa shape index (κ2) is 18.9. The van der Waals surface area contributed by atoms with Gasteiger partial charge in [-0.15, -0.1) is 0 Å². The molecule has 0 amide bonds. The summed E-state index contributed by atoms with van der Waals surface area (Å²) in [7, 11) is 0. The molecule has 4 heteroatoms. The number of furan rings is 4. The van der Waals surface area contributed by atoms with E-state index in [1.54, 1.807) is 24.3 Å². The van der Waals surface area contributed by atoms with Crippen LogP contribution in [0.4, 0.5) is 0 Å². The van der Waals surface area contributed by atoms with E-state index in [2.05, 4.69) is 6.07 Å². The van der Waals surface area contributed by atoms with E-state index < -0.39 is 48.3 Å². The van der Waals surface area contributed by atoms with Crippen LogP contribution in [-0.2, 0) is 0 Å². The first-order valence-electron chi connectivity index (χ1n) is 36.7. The molecule has 0 saturated carbocycles. The minimum absolute atomic E-state index is 0.127. The van der Waals surface area contributed by atoms with Crippen molar-refractivity contribution in [1.29, 1.82) is 0 Å². The Morgan fingerprint density at radius 1 is 0.205 bits per heavy atom. The topological polar surface area (TPSA) is 52.6 Å². The number of hydrogen-bond donors (Lipinski definition) is 0. The Balaban J connectivity index is 0.000000143. The van der Waals surface area contributed by atoms with E-state index in [4.69, 9.17) is 28.6 Å². The van der Waals surface area contributed by atoms with E-state index in [1.165, 1.54) is 0 Å². The highest BCUT2D eigenvalue weighted by Crippen LogP contribution is 2.49. The molecule has 16 aromatic carbocycles. The van der Waals surface area contributed by atoms with Crippen molar-refractivity contribution in [3.63, 3.8) is 0 Å². The summed E-state index contributed by atoms with van der Waals surface area (Å²) in [4.78, 5) is 0. The highest BCUT2D eigenvalue weighted by molar-refractivity contribution is 6.26. The molecule has 4 nitrogen and oxygen atoms in total. The van der Waals surface area contributed by atoms with Gasteiger partial charge in [0.2, 0.25) is 0 Å². The first kappa shape index (κ1) is 35.5. The molecule has 0 fully saturated rings. The maximum Gasteiger partial charge on any atom is 0.143 e. The first-order chi connectivity index (χ1) is 50.3. The second-order valence-corrected chi connectivity index (χ2v) is 22.1. The van der Waals surface area contributed by atoms with Gasteiger partial charge < -0.3 is 17.7 Å². The van der Waals surface area contributed by atoms with Gasteiger partial charge in [-0.3, -0.25) is 0 Å². The molecule has 0 aliphatic rings. The molecule has 0 bridgehead atoms. The Morgan fingerprint density at radius 3 is 1.11 bits per heavy atom. The lowest BCUT2D eigenvalue weighted by atomic mass is 9.85. The minimum Gasteiger partial charge on any atom is -0.456 e. The summed E-state index contributed by atoms with van der Waals surface area (Å²) in [6, 6.07) is 54.9. The fourth-order valence-corrected chi connectivity index (χ4v) is 13.5. The van der Waals surface area contributed by atoms with Gasteiger partial charge in [-0.1, -0.05) is 224 Å². The van der Waals surface area contributed by atoms with Crippen LogP contribution in [0.3, 0.4) is 0 Å². The molecule has 0 spiro atoms. The molecule has 88 heavy (non-hydrogen) atoms. The van der Waals surface area contributed by atoms with Crippen molar-refractivity contribution >= 4 is 152 Å². The zero-order valence-electron chi connectivity index (χ0n) is 62.1. The first-order valence-corrected chi connectivity index (χ1v) is 28.7. The third-order valence-electron chi connectivity index (χ3n) is 17.4. The van der Waals surface area contributed by atoms with Crippen molar-refractivity contribution in [2.24, 2.45) is 0 Å². The number of fused-ring (bicyclic) bond motifs is 19. The maximum atomic E-state index is 9.33. The molecule has 408 valence electrons. The Bertz CT molecular complexity index is 7170. The van der Waals surface area contributed by atoms with Crippen molar-refractivity contribution in [1.82, 2.24) is 0 Å². The predicted molar refractivity (Wildman–Crippen MR) is 369 cm³/mol. The lowest BCUT2D eigenvalue weighted by molar-refractivity contribution is 0.669. The monoisotopic (exact) mass is 1140 g/mol. The Kier molecular flexibility index (Phi) is 7.63. The predicted octanol–water partition coefficient (Wildman–Crippen LogP) is 24.6. The van der Waals surface area contributed by atoms with Crippen LogP contribution in [-0.4, -0.2) is 0 Å². The van der Waals surface area contributed by atoms with Gasteiger partial charge in [-0.25, -0.2) is 0 Å². The van der Waals surface area contributed by atoms with Crippen LogP contribution in [0.2, 0.25) is 0 Å². The van der Waals surface area contributed by atoms with Gasteiger partial charge >= 0.3 is 0 Å². The van der Waals surface area contributed by atoms with Crippen molar-refractivity contribution in [2.75, 3.05) is 0 Å². The van der Waals surface area contributed by atoms with Gasteiger partial charge in [-0.2, -0.15) is 0 Å². The van der Waals surface area contributed by atoms with Crippen LogP contribution in [0.5, 0.6) is 0 Å². The summed E-state index contributed by atoms with van der Waals surface area (Å²) in [5.74, 6) is 0. The van der Waals surface area contributed by atoms with Crippen LogP contribution in [0, 0.1) is 0 Å². The molecule has 0 N–H and O–H groups in total. The van der Waals surface area contributed by atoms with Crippen LogP contribution >= 0.6 is 0 Å². The van der Waals surface area contributed by atoms with Gasteiger partial charge in [0.15, 0.2) is 0 Å². The third-order valence-corrected chi connectivity index (χ3v) is 17.4. The van der Waals surface area contributed by atoms with Crippen LogP contribution in [0.25, 0.3) is 197 Å². The number of rotatable bonds is 4. The van der Waals surface area contributed by atoms with Crippen LogP contribution in [0.1, 0.15) is 21.9 Å². The smallest absolute Gasteiger partial charge is 0.143 e. The summed E-state index contributed by atoms with van der Waals surface area (Å²) < 4.78 is 170. The summed E-state index contributed by atoms with van der Waals surface area (Å²) >= 11 is 0. The van der Waals surface area contributed by atoms with E-state index in [9.17, 15) is 11.0 Å². The summed E-state index contributed by atoms with van der Waals surface area (Å²) in [5, 5.41) is 12.0. The lowest BCUT2D eigenvalue weighted by Crippen LogP contribution is -1.91. The minimum atomic E-state index is -0.457. The molecule has 20 rings (SSSR count). The number of hydrogen-bond acceptors (Lipinski definition) is 4. The summed E-state index contributed by atoms with van der Waals surface area (Å²) in [5.41, 5.74) is 7.67. The van der Waals surface area contributed by atoms with Gasteiger partial charge in [-0.05, 0) is 159 Å². The SMILES string of the molecule is [2H]c1c([2H])c([2H])c2c(-c3ccc4c(c3)oc3c5ccccc5ccc43)c3c([2H])c([2H])c([2H])c([2H])c3c(-c3ccc4c(c3)oc3ccccc34)c2c1[2H].[2H]c1c([2H])c([2H])c2c(-c3cccc4c3oc3ccccc34)c3c([2H])c([2H])c([2H])c([2H])c3c(-c3ccc4c(c3)oc3cc5ccccc5cc34)c2c1[2H]. The Labute approximate surface area is 525 Å². The normalized spacial score (nSPS) is 14.6. The highest BCUT2D eigenvalue weighted by Gasteiger charge is 2.23. The molecule has 4 aromatic heterocycles. The van der Waals surface area contributed by atoms with E-state index in [0.717, 1.165) is 64.6 Å². The highest BCUT2D eigenvalue weighted by atomic mass is 16.3. The van der Waals surface area contributed by atoms with Crippen molar-refractivity contribution in [3.05, 3.63) is 291 Å². The van der Waals surface area contributed by atoms with E-state index in [1.807, 2.05) is 164 Å². The van der Waals surface area contributed by atoms with Crippen LogP contribution < -0.4 is 0 Å². The average Bonchev–Trinajstić information content (AvgIpc) is 1.05.